The summed E-state index contributed by atoms with van der Waals surface area (Å²) in [7, 11) is 0. The Labute approximate surface area is 108 Å². The van der Waals surface area contributed by atoms with Gasteiger partial charge >= 0.3 is 18.1 Å². The number of amides is 1. The van der Waals surface area contributed by atoms with Gasteiger partial charge in [0.1, 0.15) is 6.04 Å². The van der Waals surface area contributed by atoms with Gasteiger partial charge in [-0.15, -0.1) is 11.3 Å². The Hall–Kier alpha value is -1.28. The normalized spacial score (nSPS) is 13.1. The van der Waals surface area contributed by atoms with Crippen molar-refractivity contribution >= 4 is 34.8 Å². The molecule has 9 heteroatoms. The van der Waals surface area contributed by atoms with Crippen molar-refractivity contribution in [2.75, 3.05) is 0 Å². The van der Waals surface area contributed by atoms with Gasteiger partial charge in [-0.1, -0.05) is 11.6 Å². The van der Waals surface area contributed by atoms with Crippen LogP contribution < -0.4 is 5.32 Å². The zero-order valence-electron chi connectivity index (χ0n) is 8.62. The van der Waals surface area contributed by atoms with E-state index in [0.717, 1.165) is 11.3 Å². The molecule has 1 unspecified atom stereocenters. The summed E-state index contributed by atoms with van der Waals surface area (Å²) in [5, 5.41) is 11.7. The topological polar surface area (TPSA) is 66.4 Å². The average molecular weight is 302 g/mol. The molecule has 0 bridgehead atoms. The highest BCUT2D eigenvalue weighted by molar-refractivity contribution is 7.14. The summed E-state index contributed by atoms with van der Waals surface area (Å²) in [5.74, 6) is -3.85. The molecule has 0 saturated carbocycles. The number of carbonyl (C=O) groups is 2. The van der Waals surface area contributed by atoms with Crippen LogP contribution in [-0.2, 0) is 16.0 Å². The summed E-state index contributed by atoms with van der Waals surface area (Å²) in [6, 6.07) is -0.186. The molecule has 0 aromatic carbocycles. The van der Waals surface area contributed by atoms with Gasteiger partial charge in [0.2, 0.25) is 0 Å². The summed E-state index contributed by atoms with van der Waals surface area (Å²) >= 11 is 6.83. The highest BCUT2D eigenvalue weighted by atomic mass is 35.5. The van der Waals surface area contributed by atoms with Crippen molar-refractivity contribution in [3.63, 3.8) is 0 Å². The van der Waals surface area contributed by atoms with E-state index in [-0.39, 0.29) is 10.8 Å². The van der Waals surface area contributed by atoms with Crippen LogP contribution in [0.3, 0.4) is 0 Å². The van der Waals surface area contributed by atoms with Crippen LogP contribution in [-0.4, -0.2) is 29.2 Å². The number of nitrogens with one attached hydrogen (secondary N) is 1. The Balaban J connectivity index is 2.76. The Kier molecular flexibility index (Phi) is 4.58. The van der Waals surface area contributed by atoms with Crippen molar-refractivity contribution in [1.29, 1.82) is 0 Å². The molecule has 0 radical (unpaired) electrons. The molecule has 0 aliphatic heterocycles. The van der Waals surface area contributed by atoms with Crippen LogP contribution in [0, 0.1) is 0 Å². The first-order valence-corrected chi connectivity index (χ1v) is 5.80. The molecule has 1 rings (SSSR count). The van der Waals surface area contributed by atoms with Gasteiger partial charge in [0.25, 0.3) is 0 Å². The number of carbonyl (C=O) groups excluding carboxylic acids is 1. The van der Waals surface area contributed by atoms with Crippen molar-refractivity contribution in [3.05, 3.63) is 21.3 Å². The molecular formula is C9H7ClF3NO3S. The highest BCUT2D eigenvalue weighted by Gasteiger charge is 2.40. The highest BCUT2D eigenvalue weighted by Crippen LogP contribution is 2.24. The first kappa shape index (κ1) is 14.8. The first-order valence-electron chi connectivity index (χ1n) is 4.54. The molecule has 0 fully saturated rings. The second-order valence-corrected chi connectivity index (χ2v) is 4.80. The molecule has 1 atom stereocenters. The maximum absolute atomic E-state index is 12.0. The number of carboxylic acids is 1. The predicted octanol–water partition coefficient (Wildman–Crippen LogP) is 2.08. The van der Waals surface area contributed by atoms with Gasteiger partial charge in [-0.2, -0.15) is 13.2 Å². The molecule has 0 aliphatic carbocycles. The predicted molar refractivity (Wildman–Crippen MR) is 58.7 cm³/mol. The summed E-state index contributed by atoms with van der Waals surface area (Å²) in [4.78, 5) is 21.4. The van der Waals surface area contributed by atoms with Gasteiger partial charge in [0.05, 0.1) is 4.34 Å². The van der Waals surface area contributed by atoms with E-state index in [1.807, 2.05) is 0 Å². The number of hydrogen-bond acceptors (Lipinski definition) is 3. The van der Waals surface area contributed by atoms with E-state index in [2.05, 4.69) is 0 Å². The van der Waals surface area contributed by atoms with Crippen LogP contribution in [0.15, 0.2) is 11.4 Å². The van der Waals surface area contributed by atoms with E-state index >= 15 is 0 Å². The maximum atomic E-state index is 12.0. The molecule has 1 aromatic heterocycles. The monoisotopic (exact) mass is 301 g/mol. The number of alkyl halides is 3. The molecule has 0 spiro atoms. The van der Waals surface area contributed by atoms with Crippen LogP contribution in [0.2, 0.25) is 4.34 Å². The number of aliphatic carboxylic acids is 1. The van der Waals surface area contributed by atoms with Gasteiger partial charge in [-0.3, -0.25) is 4.79 Å². The molecular weight excluding hydrogens is 295 g/mol. The largest absolute Gasteiger partial charge is 0.480 e. The van der Waals surface area contributed by atoms with E-state index in [1.54, 1.807) is 5.38 Å². The minimum Gasteiger partial charge on any atom is -0.480 e. The van der Waals surface area contributed by atoms with Crippen LogP contribution in [0.25, 0.3) is 0 Å². The molecule has 100 valence electrons. The number of rotatable bonds is 4. The third kappa shape index (κ3) is 3.88. The quantitative estimate of drug-likeness (QED) is 0.895. The fourth-order valence-electron chi connectivity index (χ4n) is 1.13. The molecule has 1 heterocycles. The zero-order valence-corrected chi connectivity index (χ0v) is 10.2. The Bertz CT molecular complexity index is 460. The van der Waals surface area contributed by atoms with E-state index in [1.165, 1.54) is 11.4 Å². The lowest BCUT2D eigenvalue weighted by Crippen LogP contribution is -2.47. The van der Waals surface area contributed by atoms with Crippen LogP contribution in [0.5, 0.6) is 0 Å². The molecule has 18 heavy (non-hydrogen) atoms. The van der Waals surface area contributed by atoms with Crippen LogP contribution in [0.4, 0.5) is 13.2 Å². The van der Waals surface area contributed by atoms with Gasteiger partial charge < -0.3 is 10.4 Å². The summed E-state index contributed by atoms with van der Waals surface area (Å²) in [6.45, 7) is 0. The fourth-order valence-corrected chi connectivity index (χ4v) is 2.07. The third-order valence-electron chi connectivity index (χ3n) is 1.98. The fraction of sp³-hybridized carbons (Fsp3) is 0.333. The lowest BCUT2D eigenvalue weighted by molar-refractivity contribution is -0.175. The third-order valence-corrected chi connectivity index (χ3v) is 3.23. The molecule has 0 saturated heterocycles. The number of thiophene rings is 1. The lowest BCUT2D eigenvalue weighted by Gasteiger charge is -2.15. The molecule has 1 aromatic rings. The van der Waals surface area contributed by atoms with Gasteiger partial charge in [-0.05, 0) is 17.0 Å². The van der Waals surface area contributed by atoms with Crippen LogP contribution in [0.1, 0.15) is 5.56 Å². The minimum atomic E-state index is -5.12. The van der Waals surface area contributed by atoms with E-state index < -0.39 is 24.1 Å². The Morgan fingerprint density at radius 2 is 2.11 bits per heavy atom. The molecule has 0 aliphatic rings. The van der Waals surface area contributed by atoms with E-state index in [9.17, 15) is 22.8 Å². The van der Waals surface area contributed by atoms with Crippen molar-refractivity contribution in [3.8, 4) is 0 Å². The Morgan fingerprint density at radius 1 is 1.50 bits per heavy atom. The number of halogens is 4. The van der Waals surface area contributed by atoms with Crippen molar-refractivity contribution in [1.82, 2.24) is 5.32 Å². The van der Waals surface area contributed by atoms with E-state index in [4.69, 9.17) is 16.7 Å². The molecule has 2 N–H and O–H groups in total. The summed E-state index contributed by atoms with van der Waals surface area (Å²) in [5.41, 5.74) is 0.372. The Morgan fingerprint density at radius 3 is 2.50 bits per heavy atom. The van der Waals surface area contributed by atoms with E-state index in [0.29, 0.717) is 5.56 Å². The number of hydrogen-bond donors (Lipinski definition) is 2. The second kappa shape index (κ2) is 5.57. The van der Waals surface area contributed by atoms with Gasteiger partial charge in [0, 0.05) is 6.42 Å². The zero-order chi connectivity index (χ0) is 13.9. The SMILES string of the molecule is O=C(O)C(Cc1ccsc1Cl)NC(=O)C(F)(F)F. The first-order chi connectivity index (χ1) is 8.21. The summed E-state index contributed by atoms with van der Waals surface area (Å²) in [6.07, 6.45) is -5.42. The van der Waals surface area contributed by atoms with Gasteiger partial charge in [0.15, 0.2) is 0 Å². The van der Waals surface area contributed by atoms with Crippen LogP contribution >= 0.6 is 22.9 Å². The molecule has 4 nitrogen and oxygen atoms in total. The van der Waals surface area contributed by atoms with Crippen molar-refractivity contribution in [2.45, 2.75) is 18.6 Å². The summed E-state index contributed by atoms with van der Waals surface area (Å²) < 4.78 is 36.3. The molecule has 1 amide bonds. The standard InChI is InChI=1S/C9H7ClF3NO3S/c10-6-4(1-2-18-6)3-5(7(15)16)14-8(17)9(11,12)13/h1-2,5H,3H2,(H,14,17)(H,15,16). The maximum Gasteiger partial charge on any atom is 0.471 e. The second-order valence-electron chi connectivity index (χ2n) is 3.29. The van der Waals surface area contributed by atoms with Crippen molar-refractivity contribution < 1.29 is 27.9 Å². The minimum absolute atomic E-state index is 0.280. The lowest BCUT2D eigenvalue weighted by atomic mass is 10.1. The smallest absolute Gasteiger partial charge is 0.471 e. The average Bonchev–Trinajstić information content (AvgIpc) is 2.61. The van der Waals surface area contributed by atoms with Gasteiger partial charge in [-0.25, -0.2) is 4.79 Å². The van der Waals surface area contributed by atoms with Crippen molar-refractivity contribution in [2.24, 2.45) is 0 Å². The number of carboxylic acid groups (broad SMARTS) is 1.